The van der Waals surface area contributed by atoms with Crippen LogP contribution in [0.15, 0.2) is 54.9 Å². The van der Waals surface area contributed by atoms with Crippen molar-refractivity contribution in [3.63, 3.8) is 0 Å². The van der Waals surface area contributed by atoms with Crippen LogP contribution in [-0.2, 0) is 4.79 Å². The topological polar surface area (TPSA) is 74.0 Å². The molecule has 0 radical (unpaired) electrons. The van der Waals surface area contributed by atoms with E-state index in [4.69, 9.17) is 0 Å². The van der Waals surface area contributed by atoms with Crippen molar-refractivity contribution in [1.29, 1.82) is 5.26 Å². The van der Waals surface area contributed by atoms with Crippen molar-refractivity contribution in [1.82, 2.24) is 19.8 Å². The average Bonchev–Trinajstić information content (AvgIpc) is 3.17. The first kappa shape index (κ1) is 21.5. The van der Waals surface area contributed by atoms with Crippen LogP contribution in [0.1, 0.15) is 39.3 Å². The molecule has 0 saturated carbocycles. The molecule has 3 rings (SSSR count). The highest BCUT2D eigenvalue weighted by atomic mass is 16.2. The lowest BCUT2D eigenvalue weighted by Gasteiger charge is -2.30. The molecule has 156 valence electrons. The highest BCUT2D eigenvalue weighted by Gasteiger charge is 2.30. The monoisotopic (exact) mass is 403 g/mol. The maximum absolute atomic E-state index is 12.5. The first-order valence-electron chi connectivity index (χ1n) is 10.2. The van der Waals surface area contributed by atoms with Crippen molar-refractivity contribution < 1.29 is 4.79 Å². The fourth-order valence-electron chi connectivity index (χ4n) is 3.33. The van der Waals surface area contributed by atoms with Crippen LogP contribution in [0.25, 0.3) is 16.7 Å². The van der Waals surface area contributed by atoms with Gasteiger partial charge in [-0.15, -0.1) is 0 Å². The van der Waals surface area contributed by atoms with Gasteiger partial charge in [-0.1, -0.05) is 38.1 Å². The molecule has 6 heteroatoms. The lowest BCUT2D eigenvalue weighted by molar-refractivity contribution is -0.124. The molecule has 1 N–H and O–H groups in total. The minimum atomic E-state index is -0.865. The van der Waals surface area contributed by atoms with E-state index < -0.39 is 5.54 Å². The van der Waals surface area contributed by atoms with Gasteiger partial charge in [0, 0.05) is 11.7 Å². The Balaban J connectivity index is 1.69. The molecule has 30 heavy (non-hydrogen) atoms. The lowest BCUT2D eigenvalue weighted by Crippen LogP contribution is -2.51. The summed E-state index contributed by atoms with van der Waals surface area (Å²) in [5, 5.41) is 12.3. The van der Waals surface area contributed by atoms with Gasteiger partial charge in [0.05, 0.1) is 23.6 Å². The number of carbonyl (C=O) groups excluding carboxylic acids is 1. The molecule has 0 aliphatic heterocycles. The number of hydrogen-bond acceptors (Lipinski definition) is 4. The first-order valence-corrected chi connectivity index (χ1v) is 10.2. The fraction of sp³-hybridized carbons (Fsp3) is 0.375. The van der Waals surface area contributed by atoms with Gasteiger partial charge in [-0.25, -0.2) is 4.98 Å². The Bertz CT molecular complexity index is 1060. The van der Waals surface area contributed by atoms with Crippen LogP contribution < -0.4 is 5.32 Å². The molecular formula is C24H29N5O. The number of rotatable bonds is 7. The highest BCUT2D eigenvalue weighted by molar-refractivity contribution is 5.79. The van der Waals surface area contributed by atoms with E-state index in [1.165, 1.54) is 0 Å². The summed E-state index contributed by atoms with van der Waals surface area (Å²) in [6.45, 7) is 7.92. The standard InChI is InChI=1S/C24H29N5O/c1-17(2)24(4,15-25)27-23(30)14-28(5)18(3)19-10-12-20(13-11-19)29-16-26-21-8-6-7-9-22(21)29/h6-13,16-18H,14H2,1-5H3,(H,27,30). The van der Waals surface area contributed by atoms with Gasteiger partial charge < -0.3 is 5.32 Å². The first-order chi connectivity index (χ1) is 14.2. The van der Waals surface area contributed by atoms with Crippen LogP contribution in [0.4, 0.5) is 0 Å². The van der Waals surface area contributed by atoms with Crippen molar-refractivity contribution in [2.75, 3.05) is 13.6 Å². The number of nitriles is 1. The second kappa shape index (κ2) is 8.68. The molecular weight excluding hydrogens is 374 g/mol. The Morgan fingerprint density at radius 1 is 1.20 bits per heavy atom. The number of amides is 1. The molecule has 2 atom stereocenters. The SMILES string of the molecule is CC(c1ccc(-n2cnc3ccccc32)cc1)N(C)CC(=O)NC(C)(C#N)C(C)C. The number of para-hydroxylation sites is 2. The Labute approximate surface area is 178 Å². The van der Waals surface area contributed by atoms with Crippen LogP contribution in [0.3, 0.4) is 0 Å². The highest BCUT2D eigenvalue weighted by Crippen LogP contribution is 2.23. The third kappa shape index (κ3) is 4.37. The zero-order chi connectivity index (χ0) is 21.9. The van der Waals surface area contributed by atoms with E-state index >= 15 is 0 Å². The summed E-state index contributed by atoms with van der Waals surface area (Å²) in [7, 11) is 1.92. The number of hydrogen-bond donors (Lipinski definition) is 1. The normalized spacial score (nSPS) is 14.5. The van der Waals surface area contributed by atoms with E-state index in [0.29, 0.717) is 0 Å². The van der Waals surface area contributed by atoms with Crippen LogP contribution in [-0.4, -0.2) is 39.5 Å². The molecule has 1 heterocycles. The quantitative estimate of drug-likeness (QED) is 0.645. The second-order valence-electron chi connectivity index (χ2n) is 8.30. The molecule has 0 aliphatic rings. The van der Waals surface area contributed by atoms with E-state index in [1.807, 2.05) is 50.3 Å². The molecule has 1 aromatic heterocycles. The zero-order valence-corrected chi connectivity index (χ0v) is 18.3. The van der Waals surface area contributed by atoms with Crippen molar-refractivity contribution in [3.8, 4) is 11.8 Å². The summed E-state index contributed by atoms with van der Waals surface area (Å²) in [4.78, 5) is 18.9. The van der Waals surface area contributed by atoms with Gasteiger partial charge in [0.15, 0.2) is 0 Å². The third-order valence-corrected chi connectivity index (χ3v) is 5.95. The average molecular weight is 404 g/mol. The zero-order valence-electron chi connectivity index (χ0n) is 18.3. The maximum Gasteiger partial charge on any atom is 0.235 e. The van der Waals surface area contributed by atoms with Gasteiger partial charge in [-0.2, -0.15) is 5.26 Å². The maximum atomic E-state index is 12.5. The van der Waals surface area contributed by atoms with Crippen molar-refractivity contribution in [3.05, 3.63) is 60.4 Å². The van der Waals surface area contributed by atoms with Crippen LogP contribution in [0, 0.1) is 17.2 Å². The Morgan fingerprint density at radius 3 is 2.50 bits per heavy atom. The summed E-state index contributed by atoms with van der Waals surface area (Å²) < 4.78 is 2.07. The number of carbonyl (C=O) groups is 1. The number of nitrogens with zero attached hydrogens (tertiary/aromatic N) is 4. The van der Waals surface area contributed by atoms with E-state index in [-0.39, 0.29) is 24.4 Å². The molecule has 6 nitrogen and oxygen atoms in total. The molecule has 0 fully saturated rings. The van der Waals surface area contributed by atoms with E-state index in [9.17, 15) is 10.1 Å². The lowest BCUT2D eigenvalue weighted by atomic mass is 9.90. The van der Waals surface area contributed by atoms with Crippen LogP contribution >= 0.6 is 0 Å². The summed E-state index contributed by atoms with van der Waals surface area (Å²) in [6, 6.07) is 18.6. The molecule has 0 spiro atoms. The predicted molar refractivity (Wildman–Crippen MR) is 119 cm³/mol. The number of benzene rings is 2. The van der Waals surface area contributed by atoms with Crippen LogP contribution in [0.2, 0.25) is 0 Å². The second-order valence-corrected chi connectivity index (χ2v) is 8.30. The van der Waals surface area contributed by atoms with Gasteiger partial charge >= 0.3 is 0 Å². The summed E-state index contributed by atoms with van der Waals surface area (Å²) in [5.74, 6) is -0.121. The molecule has 0 bridgehead atoms. The molecule has 2 aromatic carbocycles. The van der Waals surface area contributed by atoms with Crippen molar-refractivity contribution in [2.24, 2.45) is 5.92 Å². The van der Waals surface area contributed by atoms with Crippen molar-refractivity contribution >= 4 is 16.9 Å². The number of likely N-dealkylation sites (N-methyl/N-ethyl adjacent to an activating group) is 1. The fourth-order valence-corrected chi connectivity index (χ4v) is 3.33. The number of aromatic nitrogens is 2. The molecule has 3 aromatic rings. The summed E-state index contributed by atoms with van der Waals surface area (Å²) in [5.41, 5.74) is 3.33. The minimum absolute atomic E-state index is 0.0287. The van der Waals surface area contributed by atoms with E-state index in [0.717, 1.165) is 22.3 Å². The summed E-state index contributed by atoms with van der Waals surface area (Å²) in [6.07, 6.45) is 1.83. The van der Waals surface area contributed by atoms with E-state index in [2.05, 4.69) is 58.2 Å². The van der Waals surface area contributed by atoms with Crippen molar-refractivity contribution in [2.45, 2.75) is 39.3 Å². The third-order valence-electron chi connectivity index (χ3n) is 5.95. The Kier molecular flexibility index (Phi) is 6.23. The Morgan fingerprint density at radius 2 is 1.87 bits per heavy atom. The summed E-state index contributed by atoms with van der Waals surface area (Å²) >= 11 is 0. The molecule has 2 unspecified atom stereocenters. The van der Waals surface area contributed by atoms with Crippen LogP contribution in [0.5, 0.6) is 0 Å². The predicted octanol–water partition coefficient (Wildman–Crippen LogP) is 4.07. The molecule has 1 amide bonds. The molecule has 0 saturated heterocycles. The largest absolute Gasteiger partial charge is 0.337 e. The van der Waals surface area contributed by atoms with Gasteiger partial charge in [-0.3, -0.25) is 14.3 Å². The van der Waals surface area contributed by atoms with E-state index in [1.54, 1.807) is 6.92 Å². The number of fused-ring (bicyclic) bond motifs is 1. The van der Waals surface area contributed by atoms with Gasteiger partial charge in [0.1, 0.15) is 11.9 Å². The van der Waals surface area contributed by atoms with Gasteiger partial charge in [-0.05, 0) is 56.6 Å². The number of imidazole rings is 1. The number of nitrogens with one attached hydrogen (secondary N) is 1. The smallest absolute Gasteiger partial charge is 0.235 e. The molecule has 0 aliphatic carbocycles. The van der Waals surface area contributed by atoms with Gasteiger partial charge in [0.25, 0.3) is 0 Å². The Hall–Kier alpha value is -3.17. The minimum Gasteiger partial charge on any atom is -0.337 e. The van der Waals surface area contributed by atoms with Gasteiger partial charge in [0.2, 0.25) is 5.91 Å².